The first-order chi connectivity index (χ1) is 11.1. The molecule has 0 amide bonds. The van der Waals surface area contributed by atoms with Crippen LogP contribution in [0.3, 0.4) is 0 Å². The van der Waals surface area contributed by atoms with Gasteiger partial charge in [0, 0.05) is 6.42 Å². The number of carbonyl (C=O) groups is 1. The highest BCUT2D eigenvalue weighted by Gasteiger charge is 2.65. The highest BCUT2D eigenvalue weighted by atomic mass is 32.2. The Labute approximate surface area is 143 Å². The average Bonchev–Trinajstić information content (AvgIpc) is 2.77. The fourth-order valence-corrected chi connectivity index (χ4v) is 5.94. The molecular weight excluding hydrogens is 389 g/mol. The number of hydrogen-bond acceptors (Lipinski definition) is 7. The molecule has 2 fully saturated rings. The van der Waals surface area contributed by atoms with Crippen LogP contribution in [-0.4, -0.2) is 51.0 Å². The topological polar surface area (TPSA) is 118 Å². The Morgan fingerprint density at radius 2 is 1.88 bits per heavy atom. The highest BCUT2D eigenvalue weighted by molar-refractivity contribution is 7.87. The number of rotatable bonds is 7. The Morgan fingerprint density at radius 3 is 2.28 bits per heavy atom. The number of alkyl halides is 3. The third-order valence-corrected chi connectivity index (χ3v) is 7.92. The quantitative estimate of drug-likeness (QED) is 0.460. The average molecular weight is 407 g/mol. The number of hydrogen-bond donors (Lipinski definition) is 0. The molecule has 2 saturated carbocycles. The van der Waals surface area contributed by atoms with E-state index in [0.717, 1.165) is 0 Å². The van der Waals surface area contributed by atoms with E-state index in [1.807, 2.05) is 0 Å². The Morgan fingerprint density at radius 1 is 1.32 bits per heavy atom. The third-order valence-electron chi connectivity index (χ3n) is 5.65. The van der Waals surface area contributed by atoms with Crippen LogP contribution in [0.15, 0.2) is 0 Å². The molecule has 2 rings (SSSR count). The number of ketones is 1. The molecule has 0 aromatic heterocycles. The zero-order chi connectivity index (χ0) is 19.5. The molecule has 3 unspecified atom stereocenters. The summed E-state index contributed by atoms with van der Waals surface area (Å²) in [7, 11) is -10.9. The van der Waals surface area contributed by atoms with E-state index in [0.29, 0.717) is 6.42 Å². The summed E-state index contributed by atoms with van der Waals surface area (Å²) in [5.74, 6) is -1.07. The van der Waals surface area contributed by atoms with E-state index in [1.54, 1.807) is 13.8 Å². The van der Waals surface area contributed by atoms with Crippen molar-refractivity contribution in [1.82, 2.24) is 0 Å². The van der Waals surface area contributed by atoms with E-state index in [-0.39, 0.29) is 24.5 Å². The van der Waals surface area contributed by atoms with Gasteiger partial charge in [0.2, 0.25) is 6.17 Å². The van der Waals surface area contributed by atoms with Gasteiger partial charge in [-0.05, 0) is 24.2 Å². The first kappa shape index (κ1) is 20.6. The lowest BCUT2D eigenvalue weighted by molar-refractivity contribution is -0.128. The maximum Gasteiger partial charge on any atom is 0.367 e. The number of halogens is 3. The SMILES string of the molecule is CC1(C)C2CCC1(CS(=O)(=O)OCC(F)C(F)(F)S(=O)(=O)[O-])C(=O)C2. The van der Waals surface area contributed by atoms with E-state index < -0.39 is 54.9 Å². The number of fused-ring (bicyclic) bond motifs is 2. The van der Waals surface area contributed by atoms with E-state index in [1.165, 1.54) is 0 Å². The van der Waals surface area contributed by atoms with E-state index in [2.05, 4.69) is 4.18 Å². The van der Waals surface area contributed by atoms with E-state index in [4.69, 9.17) is 0 Å². The lowest BCUT2D eigenvalue weighted by atomic mass is 9.70. The fourth-order valence-electron chi connectivity index (χ4n) is 3.87. The second-order valence-electron chi connectivity index (χ2n) is 7.14. The summed E-state index contributed by atoms with van der Waals surface area (Å²) in [6.45, 7) is 1.65. The number of Topliss-reactive ketones (excluding diaryl/α,β-unsaturated/α-hetero) is 1. The van der Waals surface area contributed by atoms with Crippen LogP contribution in [0, 0.1) is 16.7 Å². The molecule has 146 valence electrons. The molecule has 2 aliphatic carbocycles. The number of carbonyl (C=O) groups excluding carboxylic acids is 1. The molecule has 3 atom stereocenters. The Bertz CT molecular complexity index is 775. The van der Waals surface area contributed by atoms with Crippen molar-refractivity contribution in [3.8, 4) is 0 Å². The van der Waals surface area contributed by atoms with Crippen molar-refractivity contribution in [3.05, 3.63) is 0 Å². The molecule has 2 aliphatic rings. The van der Waals surface area contributed by atoms with E-state index in [9.17, 15) is 39.4 Å². The minimum atomic E-state index is -6.32. The van der Waals surface area contributed by atoms with Crippen molar-refractivity contribution in [2.24, 2.45) is 16.7 Å². The zero-order valence-electron chi connectivity index (χ0n) is 13.5. The van der Waals surface area contributed by atoms with Crippen LogP contribution >= 0.6 is 0 Å². The van der Waals surface area contributed by atoms with Gasteiger partial charge < -0.3 is 4.55 Å². The van der Waals surface area contributed by atoms with Crippen molar-refractivity contribution in [3.63, 3.8) is 0 Å². The molecule has 25 heavy (non-hydrogen) atoms. The van der Waals surface area contributed by atoms with Crippen LogP contribution < -0.4 is 0 Å². The Kier molecular flexibility index (Phi) is 4.85. The first-order valence-electron chi connectivity index (χ1n) is 7.44. The maximum absolute atomic E-state index is 13.3. The van der Waals surface area contributed by atoms with Crippen molar-refractivity contribution < 1.29 is 43.5 Å². The molecule has 12 heteroatoms. The summed E-state index contributed by atoms with van der Waals surface area (Å²) in [5, 5.41) is -5.32. The summed E-state index contributed by atoms with van der Waals surface area (Å²) < 4.78 is 98.7. The molecule has 0 N–H and O–H groups in total. The summed E-state index contributed by atoms with van der Waals surface area (Å²) in [5.41, 5.74) is -1.88. The van der Waals surface area contributed by atoms with E-state index >= 15 is 0 Å². The van der Waals surface area contributed by atoms with Gasteiger partial charge in [-0.2, -0.15) is 17.2 Å². The molecule has 7 nitrogen and oxygen atoms in total. The van der Waals surface area contributed by atoms with Gasteiger partial charge in [-0.1, -0.05) is 13.8 Å². The second-order valence-corrected chi connectivity index (χ2v) is 10.2. The zero-order valence-corrected chi connectivity index (χ0v) is 15.1. The molecule has 0 aromatic carbocycles. The highest BCUT2D eigenvalue weighted by Crippen LogP contribution is 2.64. The van der Waals surface area contributed by atoms with Gasteiger partial charge in [0.1, 0.15) is 12.4 Å². The van der Waals surface area contributed by atoms with Gasteiger partial charge >= 0.3 is 5.25 Å². The molecule has 0 aliphatic heterocycles. The van der Waals surface area contributed by atoms with Crippen molar-refractivity contribution in [2.45, 2.75) is 44.5 Å². The van der Waals surface area contributed by atoms with Crippen LogP contribution in [0.1, 0.15) is 33.1 Å². The van der Waals surface area contributed by atoms with Gasteiger partial charge in [0.25, 0.3) is 10.1 Å². The second kappa shape index (κ2) is 5.89. The Hall–Kier alpha value is -0.720. The van der Waals surface area contributed by atoms with Crippen molar-refractivity contribution in [2.75, 3.05) is 12.4 Å². The van der Waals surface area contributed by atoms with Gasteiger partial charge in [-0.3, -0.25) is 8.98 Å². The Balaban J connectivity index is 2.12. The molecule has 0 heterocycles. The van der Waals surface area contributed by atoms with Gasteiger partial charge in [0.15, 0.2) is 10.1 Å². The minimum absolute atomic E-state index is 0.000867. The monoisotopic (exact) mass is 407 g/mol. The third kappa shape index (κ3) is 3.21. The molecular formula is C13H18F3O7S2-. The molecule has 0 saturated heterocycles. The maximum atomic E-state index is 13.3. The molecule has 0 radical (unpaired) electrons. The summed E-state index contributed by atoms with van der Waals surface area (Å²) in [4.78, 5) is 12.2. The van der Waals surface area contributed by atoms with Gasteiger partial charge in [-0.25, -0.2) is 12.8 Å². The molecule has 2 bridgehead atoms. The van der Waals surface area contributed by atoms with Crippen LogP contribution in [-0.2, 0) is 29.2 Å². The lowest BCUT2D eigenvalue weighted by Gasteiger charge is -2.35. The van der Waals surface area contributed by atoms with Crippen molar-refractivity contribution >= 4 is 26.0 Å². The van der Waals surface area contributed by atoms with Crippen molar-refractivity contribution in [1.29, 1.82) is 0 Å². The smallest absolute Gasteiger partial charge is 0.367 e. The van der Waals surface area contributed by atoms with Gasteiger partial charge in [-0.15, -0.1) is 0 Å². The molecule has 0 aromatic rings. The molecule has 0 spiro atoms. The van der Waals surface area contributed by atoms with Crippen LogP contribution in [0.5, 0.6) is 0 Å². The predicted molar refractivity (Wildman–Crippen MR) is 77.8 cm³/mol. The van der Waals surface area contributed by atoms with Crippen LogP contribution in [0.4, 0.5) is 13.2 Å². The summed E-state index contributed by atoms with van der Waals surface area (Å²) in [6, 6.07) is 0. The standard InChI is InChI=1S/C13H19F3O7S2/c1-11(2)8-3-4-12(11,10(17)5-8)7-24(18,19)23-6-9(14)13(15,16)25(20,21)22/h8-9H,3-7H2,1-2H3,(H,20,21,22)/p-1. The minimum Gasteiger partial charge on any atom is -0.743 e. The normalized spacial score (nSPS) is 30.6. The summed E-state index contributed by atoms with van der Waals surface area (Å²) in [6.07, 6.45) is -2.52. The fraction of sp³-hybridized carbons (Fsp3) is 0.923. The predicted octanol–water partition coefficient (Wildman–Crippen LogP) is 1.20. The summed E-state index contributed by atoms with van der Waals surface area (Å²) >= 11 is 0. The lowest BCUT2D eigenvalue weighted by Crippen LogP contribution is -2.44. The van der Waals surface area contributed by atoms with Gasteiger partial charge in [0.05, 0.1) is 11.2 Å². The van der Waals surface area contributed by atoms with Crippen LogP contribution in [0.25, 0.3) is 0 Å². The largest absolute Gasteiger partial charge is 0.743 e. The first-order valence-corrected chi connectivity index (χ1v) is 10.4. The van der Waals surface area contributed by atoms with Crippen LogP contribution in [0.2, 0.25) is 0 Å².